The number of aliphatic imine (C=N–C) groups is 1. The Hall–Kier alpha value is -2.76. The normalized spacial score (nSPS) is 27.3. The van der Waals surface area contributed by atoms with Crippen LogP contribution in [0.2, 0.25) is 0 Å². The van der Waals surface area contributed by atoms with Gasteiger partial charge in [0.15, 0.2) is 5.17 Å². The Labute approximate surface area is 185 Å². The Kier molecular flexibility index (Phi) is 6.31. The summed E-state index contributed by atoms with van der Waals surface area (Å²) in [5.74, 6) is -1.24. The molecule has 170 valence electrons. The minimum Gasteiger partial charge on any atom is -0.406 e. The van der Waals surface area contributed by atoms with E-state index in [9.17, 15) is 28.2 Å². The summed E-state index contributed by atoms with van der Waals surface area (Å²) in [6, 6.07) is 13.3. The van der Waals surface area contributed by atoms with E-state index in [2.05, 4.69) is 20.4 Å². The lowest BCUT2D eigenvalue weighted by molar-refractivity contribution is -0.274. The van der Waals surface area contributed by atoms with Crippen LogP contribution >= 0.6 is 11.8 Å². The number of fused-ring (bicyclic) bond motifs is 1. The van der Waals surface area contributed by atoms with Crippen LogP contribution in [0.3, 0.4) is 0 Å². The quantitative estimate of drug-likeness (QED) is 0.551. The van der Waals surface area contributed by atoms with E-state index in [0.717, 1.165) is 12.1 Å². The Morgan fingerprint density at radius 3 is 2.41 bits per heavy atom. The van der Waals surface area contributed by atoms with E-state index in [0.29, 0.717) is 16.5 Å². The lowest BCUT2D eigenvalue weighted by atomic mass is 9.81. The standard InChI is InChI=1S/C21H20F3N3O4S/c22-21(23,24)31-13-8-6-12(7-9-13)26-20-27-16-17(29)15(28)10-14(18(16)32-20)19(30)25-11-4-2-1-3-5-11/h1-9,14-18,28-29H,10H2,(H,25,30)(H,26,27)/t14-,15+,16-,17-,18+/m0/s1. The molecule has 1 amide bonds. The summed E-state index contributed by atoms with van der Waals surface area (Å²) < 4.78 is 40.8. The third-order valence-corrected chi connectivity index (χ3v) is 6.51. The number of para-hydroxylation sites is 1. The van der Waals surface area contributed by atoms with Crippen LogP contribution in [0.4, 0.5) is 24.5 Å². The lowest BCUT2D eigenvalue weighted by Crippen LogP contribution is -2.52. The summed E-state index contributed by atoms with van der Waals surface area (Å²) in [4.78, 5) is 17.3. The number of hydrogen-bond donors (Lipinski definition) is 4. The third kappa shape index (κ3) is 5.17. The highest BCUT2D eigenvalue weighted by Crippen LogP contribution is 2.42. The number of aliphatic hydroxyl groups excluding tert-OH is 2. The van der Waals surface area contributed by atoms with E-state index >= 15 is 0 Å². The number of thioether (sulfide) groups is 1. The number of nitrogens with zero attached hydrogens (tertiary/aromatic N) is 1. The molecule has 4 N–H and O–H groups in total. The highest BCUT2D eigenvalue weighted by Gasteiger charge is 2.50. The van der Waals surface area contributed by atoms with Gasteiger partial charge < -0.3 is 25.6 Å². The lowest BCUT2D eigenvalue weighted by Gasteiger charge is -2.37. The fraction of sp³-hybridized carbons (Fsp3) is 0.333. The molecule has 1 aliphatic heterocycles. The second kappa shape index (κ2) is 9.00. The molecule has 1 fully saturated rings. The molecule has 4 rings (SSSR count). The van der Waals surface area contributed by atoms with Gasteiger partial charge in [-0.1, -0.05) is 30.0 Å². The first-order valence-corrected chi connectivity index (χ1v) is 10.7. The van der Waals surface area contributed by atoms with E-state index in [1.165, 1.54) is 23.9 Å². The number of amidine groups is 1. The molecule has 0 aromatic heterocycles. The summed E-state index contributed by atoms with van der Waals surface area (Å²) in [5, 5.41) is 26.5. The predicted molar refractivity (Wildman–Crippen MR) is 115 cm³/mol. The van der Waals surface area contributed by atoms with Crippen LogP contribution in [0.1, 0.15) is 6.42 Å². The first-order valence-electron chi connectivity index (χ1n) is 9.79. The van der Waals surface area contributed by atoms with Gasteiger partial charge in [0.05, 0.1) is 18.1 Å². The Morgan fingerprint density at radius 1 is 1.06 bits per heavy atom. The van der Waals surface area contributed by atoms with Gasteiger partial charge in [-0.15, -0.1) is 13.2 Å². The molecule has 1 aliphatic carbocycles. The SMILES string of the molecule is O=C(Nc1ccccc1)[C@H]1C[C@@H](O)[C@H](O)[C@@H]2N=C(Nc3ccc(OC(F)(F)F)cc3)S[C@@H]21. The van der Waals surface area contributed by atoms with Gasteiger partial charge in [0, 0.05) is 16.6 Å². The minimum atomic E-state index is -4.78. The highest BCUT2D eigenvalue weighted by atomic mass is 32.2. The van der Waals surface area contributed by atoms with Gasteiger partial charge in [-0.3, -0.25) is 9.79 Å². The van der Waals surface area contributed by atoms with Crippen LogP contribution in [-0.4, -0.2) is 51.1 Å². The number of alkyl halides is 3. The van der Waals surface area contributed by atoms with Gasteiger partial charge in [-0.25, -0.2) is 0 Å². The van der Waals surface area contributed by atoms with Crippen molar-refractivity contribution in [2.24, 2.45) is 10.9 Å². The van der Waals surface area contributed by atoms with Crippen LogP contribution in [0, 0.1) is 5.92 Å². The second-order valence-electron chi connectivity index (χ2n) is 7.46. The number of hydrogen-bond acceptors (Lipinski definition) is 7. The largest absolute Gasteiger partial charge is 0.573 e. The van der Waals surface area contributed by atoms with Crippen molar-refractivity contribution in [3.63, 3.8) is 0 Å². The molecule has 0 spiro atoms. The van der Waals surface area contributed by atoms with Crippen molar-refractivity contribution in [3.8, 4) is 5.75 Å². The average molecular weight is 467 g/mol. The van der Waals surface area contributed by atoms with Crippen molar-refractivity contribution in [1.29, 1.82) is 0 Å². The number of carbonyl (C=O) groups is 1. The first-order chi connectivity index (χ1) is 15.2. The number of ether oxygens (including phenoxy) is 1. The first kappa shape index (κ1) is 22.4. The summed E-state index contributed by atoms with van der Waals surface area (Å²) in [7, 11) is 0. The molecule has 1 heterocycles. The van der Waals surface area contributed by atoms with Crippen molar-refractivity contribution in [2.75, 3.05) is 10.6 Å². The number of anilines is 2. The van der Waals surface area contributed by atoms with Crippen molar-refractivity contribution in [3.05, 3.63) is 54.6 Å². The van der Waals surface area contributed by atoms with Crippen LogP contribution in [0.15, 0.2) is 59.6 Å². The number of halogens is 3. The van der Waals surface area contributed by atoms with Gasteiger partial charge in [0.25, 0.3) is 0 Å². The van der Waals surface area contributed by atoms with Crippen LogP contribution < -0.4 is 15.4 Å². The van der Waals surface area contributed by atoms with Crippen LogP contribution in [-0.2, 0) is 4.79 Å². The molecule has 7 nitrogen and oxygen atoms in total. The molecule has 2 aromatic carbocycles. The molecular formula is C21H20F3N3O4S. The number of benzene rings is 2. The molecule has 2 aromatic rings. The van der Waals surface area contributed by atoms with Gasteiger partial charge in [-0.05, 0) is 42.8 Å². The maximum Gasteiger partial charge on any atom is 0.573 e. The molecule has 0 bridgehead atoms. The molecule has 11 heteroatoms. The summed E-state index contributed by atoms with van der Waals surface area (Å²) in [6.07, 6.45) is -6.93. The minimum absolute atomic E-state index is 0.0836. The van der Waals surface area contributed by atoms with Crippen molar-refractivity contribution < 1.29 is 32.9 Å². The zero-order valence-electron chi connectivity index (χ0n) is 16.5. The van der Waals surface area contributed by atoms with Gasteiger partial charge >= 0.3 is 6.36 Å². The summed E-state index contributed by atoms with van der Waals surface area (Å²) in [5.41, 5.74) is 1.09. The summed E-state index contributed by atoms with van der Waals surface area (Å²) in [6.45, 7) is 0. The van der Waals surface area contributed by atoms with Crippen molar-refractivity contribution in [2.45, 2.75) is 36.3 Å². The van der Waals surface area contributed by atoms with Crippen molar-refractivity contribution >= 4 is 34.2 Å². The molecule has 5 atom stereocenters. The Balaban J connectivity index is 1.45. The monoisotopic (exact) mass is 467 g/mol. The highest BCUT2D eigenvalue weighted by molar-refractivity contribution is 8.15. The number of nitrogens with one attached hydrogen (secondary N) is 2. The number of rotatable bonds is 4. The molecule has 0 radical (unpaired) electrons. The van der Waals surface area contributed by atoms with Crippen LogP contribution in [0.25, 0.3) is 0 Å². The molecule has 2 aliphatic rings. The fourth-order valence-corrected chi connectivity index (χ4v) is 5.11. The predicted octanol–water partition coefficient (Wildman–Crippen LogP) is 3.22. The van der Waals surface area contributed by atoms with Gasteiger partial charge in [0.1, 0.15) is 11.9 Å². The third-order valence-electron chi connectivity index (χ3n) is 5.20. The Bertz CT molecular complexity index is 988. The van der Waals surface area contributed by atoms with E-state index in [1.54, 1.807) is 24.3 Å². The molecule has 0 saturated heterocycles. The van der Waals surface area contributed by atoms with E-state index in [1.807, 2.05) is 6.07 Å². The number of aliphatic hydroxyl groups is 2. The maximum absolute atomic E-state index is 12.9. The average Bonchev–Trinajstić information content (AvgIpc) is 3.15. The molecular weight excluding hydrogens is 447 g/mol. The zero-order chi connectivity index (χ0) is 22.9. The fourth-order valence-electron chi connectivity index (χ4n) is 3.73. The van der Waals surface area contributed by atoms with Gasteiger partial charge in [0.2, 0.25) is 5.91 Å². The smallest absolute Gasteiger partial charge is 0.406 e. The Morgan fingerprint density at radius 2 is 1.75 bits per heavy atom. The van der Waals surface area contributed by atoms with Gasteiger partial charge in [-0.2, -0.15) is 0 Å². The number of carbonyl (C=O) groups excluding carboxylic acids is 1. The van der Waals surface area contributed by atoms with E-state index < -0.39 is 35.8 Å². The molecule has 0 unspecified atom stereocenters. The topological polar surface area (TPSA) is 103 Å². The maximum atomic E-state index is 12.9. The molecule has 1 saturated carbocycles. The second-order valence-corrected chi connectivity index (χ2v) is 8.63. The van der Waals surface area contributed by atoms with E-state index in [4.69, 9.17) is 0 Å². The van der Waals surface area contributed by atoms with Crippen LogP contribution in [0.5, 0.6) is 5.75 Å². The molecule has 32 heavy (non-hydrogen) atoms. The zero-order valence-corrected chi connectivity index (χ0v) is 17.3. The number of amides is 1. The van der Waals surface area contributed by atoms with E-state index in [-0.39, 0.29) is 18.1 Å². The van der Waals surface area contributed by atoms with Crippen molar-refractivity contribution in [1.82, 2.24) is 0 Å². The summed E-state index contributed by atoms with van der Waals surface area (Å²) >= 11 is 1.25.